The molecule has 1 aromatic carbocycles. The van der Waals surface area contributed by atoms with Gasteiger partial charge in [-0.3, -0.25) is 9.59 Å². The third-order valence-corrected chi connectivity index (χ3v) is 5.63. The molecule has 0 unspecified atom stereocenters. The average molecular weight is 389 g/mol. The highest BCUT2D eigenvalue weighted by molar-refractivity contribution is 7.99. The summed E-state index contributed by atoms with van der Waals surface area (Å²) in [4.78, 5) is 37.4. The van der Waals surface area contributed by atoms with Crippen molar-refractivity contribution >= 4 is 39.2 Å². The quantitative estimate of drug-likeness (QED) is 0.497. The topological polar surface area (TPSA) is 79.0 Å². The molecule has 0 spiro atoms. The van der Waals surface area contributed by atoms with Crippen LogP contribution < -0.4 is 5.56 Å². The summed E-state index contributed by atoms with van der Waals surface area (Å²) in [7, 11) is 1.76. The van der Waals surface area contributed by atoms with Crippen LogP contribution in [0.4, 0.5) is 0 Å². The zero-order valence-electron chi connectivity index (χ0n) is 14.7. The van der Waals surface area contributed by atoms with Crippen molar-refractivity contribution in [3.8, 4) is 0 Å². The van der Waals surface area contributed by atoms with Crippen molar-refractivity contribution in [2.75, 3.05) is 12.8 Å². The molecule has 3 aromatic rings. The van der Waals surface area contributed by atoms with Crippen LogP contribution in [-0.2, 0) is 17.8 Å². The van der Waals surface area contributed by atoms with Crippen LogP contribution in [-0.4, -0.2) is 38.6 Å². The molecule has 8 heteroatoms. The number of aromatic nitrogens is 3. The fraction of sp³-hybridized carbons (Fsp3) is 0.333. The second-order valence-corrected chi connectivity index (χ2v) is 7.98. The highest BCUT2D eigenvalue weighted by Gasteiger charge is 2.13. The molecule has 2 aromatic heterocycles. The van der Waals surface area contributed by atoms with Crippen LogP contribution in [0.15, 0.2) is 40.3 Å². The van der Waals surface area contributed by atoms with Crippen LogP contribution in [0.5, 0.6) is 0 Å². The van der Waals surface area contributed by atoms with E-state index in [1.54, 1.807) is 23.3 Å². The van der Waals surface area contributed by atoms with Gasteiger partial charge in [-0.05, 0) is 18.6 Å². The van der Waals surface area contributed by atoms with E-state index in [4.69, 9.17) is 0 Å². The van der Waals surface area contributed by atoms with Crippen molar-refractivity contribution in [3.05, 3.63) is 51.4 Å². The van der Waals surface area contributed by atoms with E-state index in [9.17, 15) is 9.59 Å². The first-order valence-electron chi connectivity index (χ1n) is 8.36. The number of amides is 1. The number of carbonyl (C=O) groups is 1. The molecule has 0 saturated heterocycles. The lowest BCUT2D eigenvalue weighted by Crippen LogP contribution is -2.28. The number of hydrogen-bond donors (Lipinski definition) is 1. The fourth-order valence-electron chi connectivity index (χ4n) is 2.45. The lowest BCUT2D eigenvalue weighted by atomic mass is 10.2. The van der Waals surface area contributed by atoms with E-state index in [2.05, 4.69) is 15.0 Å². The second kappa shape index (κ2) is 8.46. The molecule has 6 nitrogen and oxygen atoms in total. The summed E-state index contributed by atoms with van der Waals surface area (Å²) in [6.07, 6.45) is 1.67. The molecule has 136 valence electrons. The maximum Gasteiger partial charge on any atom is 0.251 e. The summed E-state index contributed by atoms with van der Waals surface area (Å²) in [5.74, 6) is 0.192. The number of H-pyrrole nitrogens is 1. The van der Waals surface area contributed by atoms with Gasteiger partial charge in [0.25, 0.3) is 5.56 Å². The molecule has 0 atom stereocenters. The standard InChI is InChI=1S/C18H20N4O2S2/c1-3-6-12-9-15(23)21-18(19-12)25-11-17(24)22(2)10-16-20-13-7-4-5-8-14(13)26-16/h4-5,7-9H,3,6,10-11H2,1-2H3,(H,19,21,23). The molecule has 1 N–H and O–H groups in total. The summed E-state index contributed by atoms with van der Waals surface area (Å²) in [6, 6.07) is 9.44. The van der Waals surface area contributed by atoms with Gasteiger partial charge in [0.15, 0.2) is 5.16 Å². The van der Waals surface area contributed by atoms with Gasteiger partial charge in [-0.1, -0.05) is 37.2 Å². The lowest BCUT2D eigenvalue weighted by Gasteiger charge is -2.15. The number of nitrogens with one attached hydrogen (secondary N) is 1. The largest absolute Gasteiger partial charge is 0.338 e. The SMILES string of the molecule is CCCc1cc(=O)[nH]c(SCC(=O)N(C)Cc2nc3ccccc3s2)n1. The third kappa shape index (κ3) is 4.70. The summed E-state index contributed by atoms with van der Waals surface area (Å²) in [5.41, 5.74) is 1.53. The molecule has 0 radical (unpaired) electrons. The molecule has 0 aliphatic rings. The molecule has 0 bridgehead atoms. The van der Waals surface area contributed by atoms with E-state index in [0.29, 0.717) is 11.7 Å². The maximum atomic E-state index is 12.4. The first-order valence-corrected chi connectivity index (χ1v) is 10.2. The molecule has 26 heavy (non-hydrogen) atoms. The van der Waals surface area contributed by atoms with Gasteiger partial charge < -0.3 is 9.88 Å². The van der Waals surface area contributed by atoms with E-state index in [0.717, 1.165) is 33.8 Å². The van der Waals surface area contributed by atoms with Gasteiger partial charge in [-0.2, -0.15) is 0 Å². The number of aryl methyl sites for hydroxylation is 1. The van der Waals surface area contributed by atoms with E-state index in [-0.39, 0.29) is 17.2 Å². The predicted octanol–water partition coefficient (Wildman–Crippen LogP) is 3.08. The van der Waals surface area contributed by atoms with Crippen molar-refractivity contribution in [1.29, 1.82) is 0 Å². The van der Waals surface area contributed by atoms with Crippen LogP contribution in [0, 0.1) is 0 Å². The molecule has 0 saturated carbocycles. The number of thioether (sulfide) groups is 1. The predicted molar refractivity (Wildman–Crippen MR) is 106 cm³/mol. The number of nitrogens with zero attached hydrogens (tertiary/aromatic N) is 3. The van der Waals surface area contributed by atoms with Gasteiger partial charge in [0, 0.05) is 18.8 Å². The Morgan fingerprint density at radius 3 is 2.88 bits per heavy atom. The maximum absolute atomic E-state index is 12.4. The molecule has 0 fully saturated rings. The number of fused-ring (bicyclic) bond motifs is 1. The van der Waals surface area contributed by atoms with Crippen LogP contribution in [0.25, 0.3) is 10.2 Å². The van der Waals surface area contributed by atoms with Gasteiger partial charge in [-0.25, -0.2) is 9.97 Å². The lowest BCUT2D eigenvalue weighted by molar-refractivity contribution is -0.127. The number of rotatable bonds is 7. The molecule has 2 heterocycles. The fourth-order valence-corrected chi connectivity index (χ4v) is 4.31. The zero-order chi connectivity index (χ0) is 18.5. The van der Waals surface area contributed by atoms with Crippen molar-refractivity contribution in [3.63, 3.8) is 0 Å². The monoisotopic (exact) mass is 388 g/mol. The molecule has 3 rings (SSSR count). The smallest absolute Gasteiger partial charge is 0.251 e. The first kappa shape index (κ1) is 18.6. The minimum atomic E-state index is -0.179. The number of aromatic amines is 1. The number of benzene rings is 1. The Kier molecular flexibility index (Phi) is 6.05. The normalized spacial score (nSPS) is 11.0. The van der Waals surface area contributed by atoms with E-state index < -0.39 is 0 Å². The molecular formula is C18H20N4O2S2. The molecular weight excluding hydrogens is 368 g/mol. The van der Waals surface area contributed by atoms with Gasteiger partial charge >= 0.3 is 0 Å². The first-order chi connectivity index (χ1) is 12.5. The number of carbonyl (C=O) groups excluding carboxylic acids is 1. The number of thiazole rings is 1. The minimum Gasteiger partial charge on any atom is -0.338 e. The zero-order valence-corrected chi connectivity index (χ0v) is 16.3. The van der Waals surface area contributed by atoms with Crippen molar-refractivity contribution in [2.45, 2.75) is 31.5 Å². The van der Waals surface area contributed by atoms with Gasteiger partial charge in [0.1, 0.15) is 5.01 Å². The number of para-hydroxylation sites is 1. The molecule has 1 amide bonds. The highest BCUT2D eigenvalue weighted by Crippen LogP contribution is 2.22. The molecule has 0 aliphatic heterocycles. The van der Waals surface area contributed by atoms with Gasteiger partial charge in [-0.15, -0.1) is 11.3 Å². The Morgan fingerprint density at radius 1 is 1.31 bits per heavy atom. The molecule has 0 aliphatic carbocycles. The summed E-state index contributed by atoms with van der Waals surface area (Å²) in [5, 5.41) is 1.39. The van der Waals surface area contributed by atoms with Gasteiger partial charge in [0.05, 0.1) is 22.5 Å². The summed E-state index contributed by atoms with van der Waals surface area (Å²) in [6.45, 7) is 2.51. The van der Waals surface area contributed by atoms with E-state index in [1.807, 2.05) is 31.2 Å². The second-order valence-electron chi connectivity index (χ2n) is 5.91. The van der Waals surface area contributed by atoms with Crippen LogP contribution in [0.2, 0.25) is 0 Å². The highest BCUT2D eigenvalue weighted by atomic mass is 32.2. The van der Waals surface area contributed by atoms with Crippen LogP contribution in [0.1, 0.15) is 24.0 Å². The third-order valence-electron chi connectivity index (χ3n) is 3.75. The Bertz CT molecular complexity index is 934. The van der Waals surface area contributed by atoms with Gasteiger partial charge in [0.2, 0.25) is 5.91 Å². The Labute approximate surface area is 159 Å². The van der Waals surface area contributed by atoms with Crippen molar-refractivity contribution < 1.29 is 4.79 Å². The Balaban J connectivity index is 1.60. The van der Waals surface area contributed by atoms with Crippen molar-refractivity contribution in [1.82, 2.24) is 19.9 Å². The van der Waals surface area contributed by atoms with Crippen LogP contribution in [0.3, 0.4) is 0 Å². The minimum absolute atomic E-state index is 0.0298. The average Bonchev–Trinajstić information content (AvgIpc) is 3.01. The van der Waals surface area contributed by atoms with Crippen molar-refractivity contribution in [2.24, 2.45) is 0 Å². The van der Waals surface area contributed by atoms with E-state index in [1.165, 1.54) is 17.8 Å². The summed E-state index contributed by atoms with van der Waals surface area (Å²) >= 11 is 2.85. The van der Waals surface area contributed by atoms with Crippen LogP contribution >= 0.6 is 23.1 Å². The Morgan fingerprint density at radius 2 is 2.12 bits per heavy atom. The Hall–Kier alpha value is -2.19. The summed E-state index contributed by atoms with van der Waals surface area (Å²) < 4.78 is 1.12. The van der Waals surface area contributed by atoms with E-state index >= 15 is 0 Å². The number of hydrogen-bond acceptors (Lipinski definition) is 6.